The molecule has 24 heavy (non-hydrogen) atoms. The van der Waals surface area contributed by atoms with Crippen LogP contribution < -0.4 is 20.2 Å². The predicted molar refractivity (Wildman–Crippen MR) is 86.3 cm³/mol. The quantitative estimate of drug-likeness (QED) is 0.586. The van der Waals surface area contributed by atoms with Gasteiger partial charge in [-0.05, 0) is 24.3 Å². The first kappa shape index (κ1) is 17.1. The largest absolute Gasteiger partial charge is 0.496 e. The fourth-order valence-corrected chi connectivity index (χ4v) is 1.90. The Labute approximate surface area is 138 Å². The molecule has 0 spiro atoms. The van der Waals surface area contributed by atoms with Crippen molar-refractivity contribution in [3.05, 3.63) is 47.9 Å². The molecule has 8 nitrogen and oxygen atoms in total. The van der Waals surface area contributed by atoms with E-state index >= 15 is 0 Å². The van der Waals surface area contributed by atoms with Gasteiger partial charge in [0.15, 0.2) is 0 Å². The molecule has 1 aromatic heterocycles. The summed E-state index contributed by atoms with van der Waals surface area (Å²) in [7, 11) is 2.89. The molecule has 2 amide bonds. The Balaban J connectivity index is 1.92. The second-order valence-electron chi connectivity index (χ2n) is 4.53. The molecular formula is C16H17N3O5. The second kappa shape index (κ2) is 8.37. The Morgan fingerprint density at radius 1 is 1.17 bits per heavy atom. The third-order valence-electron chi connectivity index (χ3n) is 2.99. The van der Waals surface area contributed by atoms with Crippen LogP contribution in [0.4, 0.5) is 0 Å². The summed E-state index contributed by atoms with van der Waals surface area (Å²) in [5, 5.41) is 6.20. The number of ether oxygens (including phenoxy) is 2. The summed E-state index contributed by atoms with van der Waals surface area (Å²) in [5.74, 6) is 0.221. The van der Waals surface area contributed by atoms with Crippen LogP contribution in [0.1, 0.15) is 16.1 Å². The summed E-state index contributed by atoms with van der Waals surface area (Å²) in [4.78, 5) is 23.9. The normalized spacial score (nSPS) is 10.4. The molecule has 2 N–H and O–H groups in total. The van der Waals surface area contributed by atoms with E-state index in [0.29, 0.717) is 17.3 Å². The Hall–Kier alpha value is -3.29. The number of nitrogens with one attached hydrogen (secondary N) is 2. The fourth-order valence-electron chi connectivity index (χ4n) is 1.90. The molecule has 0 fully saturated rings. The highest BCUT2D eigenvalue weighted by molar-refractivity contribution is 6.01. The number of furan rings is 1. The standard InChI is InChI=1S/C16H17N3O5/c1-22-12-6-3-7-13(23-2)15(12)16(21)17-10-14(20)19-18-9-11-5-4-8-24-11/h3-9H,10H2,1-2H3,(H,17,21)(H,19,20)/b18-9+. The van der Waals surface area contributed by atoms with E-state index in [-0.39, 0.29) is 12.1 Å². The van der Waals surface area contributed by atoms with E-state index < -0.39 is 11.8 Å². The van der Waals surface area contributed by atoms with Gasteiger partial charge in [-0.3, -0.25) is 9.59 Å². The maximum Gasteiger partial charge on any atom is 0.259 e. The SMILES string of the molecule is COc1cccc(OC)c1C(=O)NCC(=O)N/N=C/c1ccco1. The highest BCUT2D eigenvalue weighted by atomic mass is 16.5. The van der Waals surface area contributed by atoms with Crippen LogP contribution in [0.25, 0.3) is 0 Å². The van der Waals surface area contributed by atoms with Gasteiger partial charge in [-0.15, -0.1) is 0 Å². The maximum atomic E-state index is 12.3. The van der Waals surface area contributed by atoms with E-state index in [1.165, 1.54) is 26.7 Å². The first-order chi connectivity index (χ1) is 11.7. The Morgan fingerprint density at radius 3 is 2.46 bits per heavy atom. The van der Waals surface area contributed by atoms with Gasteiger partial charge >= 0.3 is 0 Å². The van der Waals surface area contributed by atoms with Crippen LogP contribution >= 0.6 is 0 Å². The first-order valence-corrected chi connectivity index (χ1v) is 7.00. The Morgan fingerprint density at radius 2 is 1.88 bits per heavy atom. The zero-order valence-corrected chi connectivity index (χ0v) is 13.2. The third kappa shape index (κ3) is 4.35. The minimum absolute atomic E-state index is 0.217. The van der Waals surface area contributed by atoms with Crippen molar-refractivity contribution < 1.29 is 23.5 Å². The molecule has 0 atom stereocenters. The average Bonchev–Trinajstić information content (AvgIpc) is 3.12. The van der Waals surface area contributed by atoms with Crippen LogP contribution in [0, 0.1) is 0 Å². The first-order valence-electron chi connectivity index (χ1n) is 7.00. The van der Waals surface area contributed by atoms with Gasteiger partial charge in [0.25, 0.3) is 11.8 Å². The van der Waals surface area contributed by atoms with Crippen LogP contribution in [-0.2, 0) is 4.79 Å². The van der Waals surface area contributed by atoms with Crippen LogP contribution in [0.2, 0.25) is 0 Å². The summed E-state index contributed by atoms with van der Waals surface area (Å²) in [6.07, 6.45) is 2.84. The van der Waals surface area contributed by atoms with Gasteiger partial charge in [0.1, 0.15) is 22.8 Å². The molecule has 0 saturated carbocycles. The number of amides is 2. The van der Waals surface area contributed by atoms with Crippen LogP contribution in [0.15, 0.2) is 46.1 Å². The molecule has 2 aromatic rings. The van der Waals surface area contributed by atoms with E-state index in [1.54, 1.807) is 30.3 Å². The molecule has 0 saturated heterocycles. The van der Waals surface area contributed by atoms with E-state index in [1.807, 2.05) is 0 Å². The fraction of sp³-hybridized carbons (Fsp3) is 0.188. The average molecular weight is 331 g/mol. The zero-order chi connectivity index (χ0) is 17.4. The van der Waals surface area contributed by atoms with Crippen molar-refractivity contribution in [1.82, 2.24) is 10.7 Å². The van der Waals surface area contributed by atoms with Gasteiger partial charge in [-0.1, -0.05) is 6.07 Å². The van der Waals surface area contributed by atoms with Crippen LogP contribution in [0.5, 0.6) is 11.5 Å². The maximum absolute atomic E-state index is 12.3. The van der Waals surface area contributed by atoms with Gasteiger partial charge < -0.3 is 19.2 Å². The number of methoxy groups -OCH3 is 2. The lowest BCUT2D eigenvalue weighted by Gasteiger charge is -2.12. The number of hydrogen-bond acceptors (Lipinski definition) is 6. The molecule has 8 heteroatoms. The molecule has 126 valence electrons. The number of benzene rings is 1. The zero-order valence-electron chi connectivity index (χ0n) is 13.2. The molecule has 2 rings (SSSR count). The Kier molecular flexibility index (Phi) is 5.95. The monoisotopic (exact) mass is 331 g/mol. The van der Waals surface area contributed by atoms with Gasteiger partial charge in [-0.25, -0.2) is 5.43 Å². The van der Waals surface area contributed by atoms with Crippen molar-refractivity contribution in [1.29, 1.82) is 0 Å². The minimum Gasteiger partial charge on any atom is -0.496 e. The molecule has 0 unspecified atom stereocenters. The summed E-state index contributed by atoms with van der Waals surface area (Å²) >= 11 is 0. The van der Waals surface area contributed by atoms with E-state index in [0.717, 1.165) is 0 Å². The predicted octanol–water partition coefficient (Wildman–Crippen LogP) is 1.18. The third-order valence-corrected chi connectivity index (χ3v) is 2.99. The number of carbonyl (C=O) groups is 2. The van der Waals surface area contributed by atoms with Gasteiger partial charge in [0, 0.05) is 0 Å². The van der Waals surface area contributed by atoms with Crippen molar-refractivity contribution in [2.24, 2.45) is 5.10 Å². The lowest BCUT2D eigenvalue weighted by Crippen LogP contribution is -2.35. The van der Waals surface area contributed by atoms with Gasteiger partial charge in [0.2, 0.25) is 0 Å². The molecule has 0 aliphatic rings. The highest BCUT2D eigenvalue weighted by Gasteiger charge is 2.18. The molecule has 1 heterocycles. The van der Waals surface area contributed by atoms with Crippen molar-refractivity contribution in [2.45, 2.75) is 0 Å². The van der Waals surface area contributed by atoms with Crippen molar-refractivity contribution in [3.63, 3.8) is 0 Å². The van der Waals surface area contributed by atoms with Gasteiger partial charge in [0.05, 0.1) is 33.2 Å². The summed E-state index contributed by atoms with van der Waals surface area (Å²) < 4.78 is 15.3. The number of nitrogens with zero attached hydrogens (tertiary/aromatic N) is 1. The lowest BCUT2D eigenvalue weighted by atomic mass is 10.1. The molecule has 0 aliphatic heterocycles. The van der Waals surface area contributed by atoms with E-state index in [9.17, 15) is 9.59 Å². The smallest absolute Gasteiger partial charge is 0.259 e. The topological polar surface area (TPSA) is 102 Å². The van der Waals surface area contributed by atoms with E-state index in [4.69, 9.17) is 13.9 Å². The molecule has 0 radical (unpaired) electrons. The summed E-state index contributed by atoms with van der Waals surface area (Å²) in [6.45, 7) is -0.254. The second-order valence-corrected chi connectivity index (χ2v) is 4.53. The molecule has 1 aromatic carbocycles. The molecule has 0 bridgehead atoms. The van der Waals surface area contributed by atoms with Crippen molar-refractivity contribution in [3.8, 4) is 11.5 Å². The number of hydrazone groups is 1. The summed E-state index contributed by atoms with van der Waals surface area (Å²) in [6, 6.07) is 8.34. The van der Waals surface area contributed by atoms with Crippen molar-refractivity contribution in [2.75, 3.05) is 20.8 Å². The molecule has 0 aliphatic carbocycles. The molecular weight excluding hydrogens is 314 g/mol. The minimum atomic E-state index is -0.491. The number of carbonyl (C=O) groups excluding carboxylic acids is 2. The van der Waals surface area contributed by atoms with Gasteiger partial charge in [-0.2, -0.15) is 5.10 Å². The van der Waals surface area contributed by atoms with Crippen LogP contribution in [-0.4, -0.2) is 38.8 Å². The van der Waals surface area contributed by atoms with Crippen LogP contribution in [0.3, 0.4) is 0 Å². The lowest BCUT2D eigenvalue weighted by molar-refractivity contribution is -0.120. The highest BCUT2D eigenvalue weighted by Crippen LogP contribution is 2.27. The summed E-state index contributed by atoms with van der Waals surface area (Å²) in [5.41, 5.74) is 2.50. The number of rotatable bonds is 7. The number of hydrogen-bond donors (Lipinski definition) is 2. The van der Waals surface area contributed by atoms with E-state index in [2.05, 4.69) is 15.8 Å². The van der Waals surface area contributed by atoms with Crippen molar-refractivity contribution >= 4 is 18.0 Å². The Bertz CT molecular complexity index is 703.